The van der Waals surface area contributed by atoms with Crippen LogP contribution in [0.1, 0.15) is 17.4 Å². The largest absolute Gasteiger partial charge is 0.463 e. The maximum atomic E-state index is 12.1. The molecule has 2 aromatic carbocycles. The Morgan fingerprint density at radius 2 is 1.82 bits per heavy atom. The first-order chi connectivity index (χ1) is 10.4. The SMILES string of the molecule is CS(=O)(=O)N1C=C(c2ccccc2)O[C@@H]1c1cccc(Br)c1. The van der Waals surface area contributed by atoms with Crippen LogP contribution in [0.4, 0.5) is 0 Å². The van der Waals surface area contributed by atoms with Crippen LogP contribution in [0.15, 0.2) is 65.3 Å². The summed E-state index contributed by atoms with van der Waals surface area (Å²) in [7, 11) is -3.44. The number of ether oxygens (including phenoxy) is 1. The summed E-state index contributed by atoms with van der Waals surface area (Å²) >= 11 is 3.40. The minimum absolute atomic E-state index is 0.538. The number of rotatable bonds is 3. The summed E-state index contributed by atoms with van der Waals surface area (Å²) in [6.07, 6.45) is 2.02. The van der Waals surface area contributed by atoms with E-state index in [1.165, 1.54) is 16.8 Å². The van der Waals surface area contributed by atoms with Crippen LogP contribution in [0, 0.1) is 0 Å². The van der Waals surface area contributed by atoms with Gasteiger partial charge >= 0.3 is 0 Å². The van der Waals surface area contributed by atoms with E-state index in [0.717, 1.165) is 15.6 Å². The molecule has 0 aliphatic carbocycles. The summed E-state index contributed by atoms with van der Waals surface area (Å²) in [4.78, 5) is 0. The first-order valence-electron chi connectivity index (χ1n) is 6.63. The minimum atomic E-state index is -3.44. The van der Waals surface area contributed by atoms with Crippen molar-refractivity contribution in [2.24, 2.45) is 0 Å². The summed E-state index contributed by atoms with van der Waals surface area (Å²) in [5, 5.41) is 0. The second kappa shape index (κ2) is 5.78. The van der Waals surface area contributed by atoms with Gasteiger partial charge in [0.2, 0.25) is 16.3 Å². The Morgan fingerprint density at radius 1 is 1.09 bits per heavy atom. The Hall–Kier alpha value is -1.79. The number of benzene rings is 2. The van der Waals surface area contributed by atoms with Crippen LogP contribution in [0.3, 0.4) is 0 Å². The van der Waals surface area contributed by atoms with Gasteiger partial charge in [-0.05, 0) is 12.1 Å². The lowest BCUT2D eigenvalue weighted by atomic mass is 10.2. The molecule has 0 saturated carbocycles. The smallest absolute Gasteiger partial charge is 0.235 e. The number of halogens is 1. The highest BCUT2D eigenvalue weighted by molar-refractivity contribution is 9.10. The Kier molecular flexibility index (Phi) is 3.97. The average Bonchev–Trinajstić information content (AvgIpc) is 2.93. The average molecular weight is 380 g/mol. The highest BCUT2D eigenvalue weighted by Gasteiger charge is 2.34. The van der Waals surface area contributed by atoms with Crippen molar-refractivity contribution in [1.29, 1.82) is 0 Å². The number of sulfonamides is 1. The van der Waals surface area contributed by atoms with Gasteiger partial charge in [0.1, 0.15) is 5.76 Å². The summed E-state index contributed by atoms with van der Waals surface area (Å²) < 4.78 is 32.2. The third-order valence-electron chi connectivity index (χ3n) is 3.29. The van der Waals surface area contributed by atoms with Gasteiger partial charge < -0.3 is 4.74 Å². The highest BCUT2D eigenvalue weighted by Crippen LogP contribution is 2.38. The molecular weight excluding hydrogens is 366 g/mol. The van der Waals surface area contributed by atoms with Crippen LogP contribution in [0.2, 0.25) is 0 Å². The van der Waals surface area contributed by atoms with Crippen molar-refractivity contribution in [3.8, 4) is 0 Å². The quantitative estimate of drug-likeness (QED) is 0.815. The van der Waals surface area contributed by atoms with E-state index in [2.05, 4.69) is 15.9 Å². The van der Waals surface area contributed by atoms with E-state index in [1.54, 1.807) is 0 Å². The Morgan fingerprint density at radius 3 is 2.45 bits per heavy atom. The zero-order valence-electron chi connectivity index (χ0n) is 11.8. The predicted octanol–water partition coefficient (Wildman–Crippen LogP) is 3.74. The molecule has 1 heterocycles. The van der Waals surface area contributed by atoms with Gasteiger partial charge in [-0.1, -0.05) is 58.4 Å². The second-order valence-electron chi connectivity index (χ2n) is 4.98. The fourth-order valence-corrected chi connectivity index (χ4v) is 3.49. The Balaban J connectivity index is 2.02. The van der Waals surface area contributed by atoms with Gasteiger partial charge in [0.15, 0.2) is 0 Å². The van der Waals surface area contributed by atoms with Crippen LogP contribution >= 0.6 is 15.9 Å². The standard InChI is InChI=1S/C16H14BrNO3S/c1-22(19,20)18-11-15(12-6-3-2-4-7-12)21-16(18)13-8-5-9-14(17)10-13/h2-11,16H,1H3/t16-/m1/s1. The normalized spacial score (nSPS) is 18.0. The third-order valence-corrected chi connectivity index (χ3v) is 4.85. The lowest BCUT2D eigenvalue weighted by molar-refractivity contribution is 0.119. The first kappa shape index (κ1) is 15.1. The molecule has 2 aromatic rings. The molecule has 114 valence electrons. The van der Waals surface area contributed by atoms with E-state index in [1.807, 2.05) is 54.6 Å². The summed E-state index contributed by atoms with van der Waals surface area (Å²) in [5.41, 5.74) is 1.61. The Labute approximate surface area is 138 Å². The van der Waals surface area contributed by atoms with E-state index < -0.39 is 16.3 Å². The molecule has 0 spiro atoms. The molecule has 0 unspecified atom stereocenters. The van der Waals surface area contributed by atoms with Crippen molar-refractivity contribution in [3.05, 3.63) is 76.4 Å². The van der Waals surface area contributed by atoms with Gasteiger partial charge in [0, 0.05) is 15.6 Å². The minimum Gasteiger partial charge on any atom is -0.463 e. The number of hydrogen-bond acceptors (Lipinski definition) is 3. The van der Waals surface area contributed by atoms with Crippen molar-refractivity contribution in [1.82, 2.24) is 4.31 Å². The van der Waals surface area contributed by atoms with Crippen LogP contribution in [-0.2, 0) is 14.8 Å². The molecular formula is C16H14BrNO3S. The zero-order valence-corrected chi connectivity index (χ0v) is 14.2. The van der Waals surface area contributed by atoms with Crippen molar-refractivity contribution in [2.45, 2.75) is 6.23 Å². The summed E-state index contributed by atoms with van der Waals surface area (Å²) in [6, 6.07) is 16.9. The molecule has 0 bridgehead atoms. The second-order valence-corrected chi connectivity index (χ2v) is 7.78. The summed E-state index contributed by atoms with van der Waals surface area (Å²) in [5.74, 6) is 0.538. The van der Waals surface area contributed by atoms with Crippen LogP contribution in [0.5, 0.6) is 0 Å². The van der Waals surface area contributed by atoms with E-state index in [9.17, 15) is 8.42 Å². The summed E-state index contributed by atoms with van der Waals surface area (Å²) in [6.45, 7) is 0. The van der Waals surface area contributed by atoms with E-state index in [0.29, 0.717) is 5.76 Å². The fraction of sp³-hybridized carbons (Fsp3) is 0.125. The molecule has 1 aliphatic rings. The molecule has 1 aliphatic heterocycles. The van der Waals surface area contributed by atoms with Gasteiger partial charge in [-0.25, -0.2) is 12.7 Å². The molecule has 6 heteroatoms. The maximum Gasteiger partial charge on any atom is 0.235 e. The van der Waals surface area contributed by atoms with Crippen molar-refractivity contribution < 1.29 is 13.2 Å². The van der Waals surface area contributed by atoms with Gasteiger partial charge in [0.05, 0.1) is 12.5 Å². The molecule has 4 nitrogen and oxygen atoms in total. The lowest BCUT2D eigenvalue weighted by Crippen LogP contribution is -2.26. The molecule has 1 atom stereocenters. The first-order valence-corrected chi connectivity index (χ1v) is 9.27. The predicted molar refractivity (Wildman–Crippen MR) is 89.1 cm³/mol. The van der Waals surface area contributed by atoms with Crippen molar-refractivity contribution in [2.75, 3.05) is 6.26 Å². The molecule has 3 rings (SSSR count). The molecule has 22 heavy (non-hydrogen) atoms. The molecule has 0 saturated heterocycles. The van der Waals surface area contributed by atoms with E-state index in [-0.39, 0.29) is 0 Å². The molecule has 0 aromatic heterocycles. The van der Waals surface area contributed by atoms with Crippen LogP contribution < -0.4 is 0 Å². The number of nitrogens with zero attached hydrogens (tertiary/aromatic N) is 1. The molecule has 0 fully saturated rings. The van der Waals surface area contributed by atoms with Crippen LogP contribution in [0.25, 0.3) is 5.76 Å². The zero-order chi connectivity index (χ0) is 15.7. The third kappa shape index (κ3) is 3.03. The van der Waals surface area contributed by atoms with E-state index in [4.69, 9.17) is 4.74 Å². The monoisotopic (exact) mass is 379 g/mol. The highest BCUT2D eigenvalue weighted by atomic mass is 79.9. The van der Waals surface area contributed by atoms with Gasteiger partial charge in [0.25, 0.3) is 0 Å². The van der Waals surface area contributed by atoms with E-state index >= 15 is 0 Å². The number of hydrogen-bond donors (Lipinski definition) is 0. The van der Waals surface area contributed by atoms with Gasteiger partial charge in [-0.15, -0.1) is 0 Å². The van der Waals surface area contributed by atoms with Crippen molar-refractivity contribution in [3.63, 3.8) is 0 Å². The molecule has 0 amide bonds. The topological polar surface area (TPSA) is 46.6 Å². The molecule has 0 radical (unpaired) electrons. The fourth-order valence-electron chi connectivity index (χ4n) is 2.28. The maximum absolute atomic E-state index is 12.1. The van der Waals surface area contributed by atoms with Crippen LogP contribution in [-0.4, -0.2) is 19.0 Å². The molecule has 0 N–H and O–H groups in total. The lowest BCUT2D eigenvalue weighted by Gasteiger charge is -2.22. The van der Waals surface area contributed by atoms with Crippen molar-refractivity contribution >= 4 is 31.7 Å². The van der Waals surface area contributed by atoms with Gasteiger partial charge in [-0.3, -0.25) is 0 Å². The van der Waals surface area contributed by atoms with Gasteiger partial charge in [-0.2, -0.15) is 0 Å². The Bertz CT molecular complexity index is 818.